The number of benzene rings is 1. The van der Waals surface area contributed by atoms with Gasteiger partial charge in [-0.15, -0.1) is 0 Å². The number of carbonyl (C=O) groups is 1. The molecule has 0 aliphatic heterocycles. The zero-order chi connectivity index (χ0) is 21.1. The number of aliphatic hydroxyl groups excluding tert-OH is 1. The number of carbonyl (C=O) groups excluding carboxylic acids is 1. The SMILES string of the molecule is CC(C)(CO)NC(=O)C12CCC(c3ccc(OC/C(=C/F)CN)cc3)(CC1)CC2. The molecule has 3 fully saturated rings. The van der Waals surface area contributed by atoms with Gasteiger partial charge in [-0.1, -0.05) is 12.1 Å². The minimum absolute atomic E-state index is 0.0684. The highest BCUT2D eigenvalue weighted by Crippen LogP contribution is 2.58. The van der Waals surface area contributed by atoms with Crippen molar-refractivity contribution in [2.75, 3.05) is 19.8 Å². The number of aliphatic hydroxyl groups is 1. The summed E-state index contributed by atoms with van der Waals surface area (Å²) in [5.41, 5.74) is 6.40. The second-order valence-electron chi connectivity index (χ2n) is 9.34. The highest BCUT2D eigenvalue weighted by Gasteiger charge is 2.53. The molecule has 0 heterocycles. The van der Waals surface area contributed by atoms with E-state index in [0.717, 1.165) is 38.5 Å². The van der Waals surface area contributed by atoms with Gasteiger partial charge in [0.15, 0.2) is 0 Å². The molecule has 0 atom stereocenters. The van der Waals surface area contributed by atoms with Crippen molar-refractivity contribution in [3.05, 3.63) is 41.7 Å². The first-order chi connectivity index (χ1) is 13.8. The van der Waals surface area contributed by atoms with Gasteiger partial charge >= 0.3 is 0 Å². The molecular formula is C23H33FN2O3. The third-order valence-corrected chi connectivity index (χ3v) is 6.88. The lowest BCUT2D eigenvalue weighted by Crippen LogP contribution is -2.56. The Morgan fingerprint density at radius 3 is 2.28 bits per heavy atom. The van der Waals surface area contributed by atoms with Crippen molar-refractivity contribution in [1.29, 1.82) is 0 Å². The molecule has 2 bridgehead atoms. The Kier molecular flexibility index (Phi) is 6.34. The van der Waals surface area contributed by atoms with Crippen LogP contribution in [0.15, 0.2) is 36.2 Å². The van der Waals surface area contributed by atoms with E-state index in [1.807, 2.05) is 26.0 Å². The Balaban J connectivity index is 1.64. The first-order valence-corrected chi connectivity index (χ1v) is 10.4. The van der Waals surface area contributed by atoms with Crippen LogP contribution in [0.3, 0.4) is 0 Å². The van der Waals surface area contributed by atoms with Gasteiger partial charge < -0.3 is 20.9 Å². The Morgan fingerprint density at radius 2 is 1.79 bits per heavy atom. The number of halogens is 1. The quantitative estimate of drug-likeness (QED) is 0.620. The van der Waals surface area contributed by atoms with Crippen LogP contribution in [0.2, 0.25) is 0 Å². The van der Waals surface area contributed by atoms with Crippen molar-refractivity contribution in [3.8, 4) is 5.75 Å². The Bertz CT molecular complexity index is 733. The fourth-order valence-electron chi connectivity index (χ4n) is 4.65. The number of ether oxygens (including phenoxy) is 1. The molecule has 1 amide bonds. The van der Waals surface area contributed by atoms with Crippen LogP contribution >= 0.6 is 0 Å². The number of amides is 1. The molecule has 5 nitrogen and oxygen atoms in total. The summed E-state index contributed by atoms with van der Waals surface area (Å²) in [7, 11) is 0. The molecule has 29 heavy (non-hydrogen) atoms. The largest absolute Gasteiger partial charge is 0.489 e. The topological polar surface area (TPSA) is 84.6 Å². The molecule has 6 heteroatoms. The second-order valence-corrected chi connectivity index (χ2v) is 9.34. The molecule has 0 aromatic heterocycles. The molecule has 3 aliphatic carbocycles. The van der Waals surface area contributed by atoms with E-state index < -0.39 is 5.54 Å². The molecule has 0 saturated heterocycles. The fraction of sp³-hybridized carbons (Fsp3) is 0.609. The molecule has 3 aliphatic rings. The van der Waals surface area contributed by atoms with Gasteiger partial charge in [0, 0.05) is 17.5 Å². The van der Waals surface area contributed by atoms with Crippen molar-refractivity contribution in [2.45, 2.75) is 63.3 Å². The minimum Gasteiger partial charge on any atom is -0.489 e. The minimum atomic E-state index is -0.589. The third kappa shape index (κ3) is 4.48. The molecule has 4 rings (SSSR count). The van der Waals surface area contributed by atoms with Crippen molar-refractivity contribution in [2.24, 2.45) is 11.1 Å². The van der Waals surface area contributed by atoms with Gasteiger partial charge in [-0.3, -0.25) is 4.79 Å². The lowest BCUT2D eigenvalue weighted by molar-refractivity contribution is -0.140. The molecule has 4 N–H and O–H groups in total. The predicted molar refractivity (Wildman–Crippen MR) is 111 cm³/mol. The van der Waals surface area contributed by atoms with E-state index in [-0.39, 0.29) is 36.5 Å². The maximum Gasteiger partial charge on any atom is 0.226 e. The Labute approximate surface area is 172 Å². The summed E-state index contributed by atoms with van der Waals surface area (Å²) in [5, 5.41) is 12.5. The van der Waals surface area contributed by atoms with Crippen LogP contribution in [0.25, 0.3) is 0 Å². The van der Waals surface area contributed by atoms with E-state index >= 15 is 0 Å². The summed E-state index contributed by atoms with van der Waals surface area (Å²) < 4.78 is 18.2. The monoisotopic (exact) mass is 404 g/mol. The van der Waals surface area contributed by atoms with Crippen LogP contribution in [0, 0.1) is 5.41 Å². The van der Waals surface area contributed by atoms with Crippen molar-refractivity contribution >= 4 is 5.91 Å². The van der Waals surface area contributed by atoms with Gasteiger partial charge in [-0.2, -0.15) is 0 Å². The Morgan fingerprint density at radius 1 is 1.21 bits per heavy atom. The molecule has 3 saturated carbocycles. The lowest BCUT2D eigenvalue weighted by Gasteiger charge is -2.53. The van der Waals surface area contributed by atoms with Crippen LogP contribution in [0.5, 0.6) is 5.75 Å². The molecule has 0 radical (unpaired) electrons. The van der Waals surface area contributed by atoms with Gasteiger partial charge in [-0.25, -0.2) is 4.39 Å². The number of nitrogens with one attached hydrogen (secondary N) is 1. The highest BCUT2D eigenvalue weighted by molar-refractivity contribution is 5.83. The van der Waals surface area contributed by atoms with E-state index in [2.05, 4.69) is 17.4 Å². The lowest BCUT2D eigenvalue weighted by atomic mass is 9.51. The average molecular weight is 405 g/mol. The number of rotatable bonds is 8. The molecule has 0 spiro atoms. The summed E-state index contributed by atoms with van der Waals surface area (Å²) in [6.07, 6.45) is 6.09. The van der Waals surface area contributed by atoms with Crippen LogP contribution in [-0.2, 0) is 10.2 Å². The maximum absolute atomic E-state index is 12.9. The van der Waals surface area contributed by atoms with E-state index in [1.54, 1.807) is 0 Å². The van der Waals surface area contributed by atoms with E-state index in [4.69, 9.17) is 10.5 Å². The van der Waals surface area contributed by atoms with Crippen molar-refractivity contribution in [1.82, 2.24) is 5.32 Å². The van der Waals surface area contributed by atoms with Gasteiger partial charge in [0.05, 0.1) is 18.5 Å². The maximum atomic E-state index is 12.9. The first-order valence-electron chi connectivity index (χ1n) is 10.4. The van der Waals surface area contributed by atoms with Gasteiger partial charge in [0.25, 0.3) is 0 Å². The molecule has 1 aromatic carbocycles. The molecular weight excluding hydrogens is 371 g/mol. The molecule has 0 unspecified atom stereocenters. The highest BCUT2D eigenvalue weighted by atomic mass is 19.1. The van der Waals surface area contributed by atoms with Crippen LogP contribution in [0.4, 0.5) is 4.39 Å². The number of hydrogen-bond acceptors (Lipinski definition) is 4. The number of hydrogen-bond donors (Lipinski definition) is 3. The molecule has 1 aromatic rings. The Hall–Kier alpha value is -1.92. The number of nitrogens with two attached hydrogens (primary N) is 1. The zero-order valence-corrected chi connectivity index (χ0v) is 17.5. The summed E-state index contributed by atoms with van der Waals surface area (Å²) in [4.78, 5) is 12.9. The van der Waals surface area contributed by atoms with E-state index in [1.165, 1.54) is 5.56 Å². The van der Waals surface area contributed by atoms with Crippen LogP contribution < -0.4 is 15.8 Å². The second kappa shape index (κ2) is 8.44. The third-order valence-electron chi connectivity index (χ3n) is 6.88. The summed E-state index contributed by atoms with van der Waals surface area (Å²) in [5.74, 6) is 0.787. The van der Waals surface area contributed by atoms with Gasteiger partial charge in [0.2, 0.25) is 5.91 Å². The standard InChI is InChI=1S/C23H33FN2O3/c1-21(2,16-27)26-20(28)23-10-7-22(8-11-23,9-12-23)18-3-5-19(6-4-18)29-15-17(13-24)14-25/h3-6,13,27H,7-12,14-16,25H2,1-2H3,(H,26,28)/b17-13+. The fourth-order valence-corrected chi connectivity index (χ4v) is 4.65. The van der Waals surface area contributed by atoms with E-state index in [9.17, 15) is 14.3 Å². The van der Waals surface area contributed by atoms with Crippen LogP contribution in [-0.4, -0.2) is 36.3 Å². The smallest absolute Gasteiger partial charge is 0.226 e. The first kappa shape index (κ1) is 21.8. The average Bonchev–Trinajstić information content (AvgIpc) is 2.76. The summed E-state index contributed by atoms with van der Waals surface area (Å²) >= 11 is 0. The number of fused-ring (bicyclic) bond motifs is 3. The predicted octanol–water partition coefficient (Wildman–Crippen LogP) is 3.36. The zero-order valence-electron chi connectivity index (χ0n) is 17.5. The molecule has 160 valence electrons. The van der Waals surface area contributed by atoms with Crippen molar-refractivity contribution < 1.29 is 19.0 Å². The normalized spacial score (nSPS) is 27.0. The van der Waals surface area contributed by atoms with Crippen molar-refractivity contribution in [3.63, 3.8) is 0 Å². The summed E-state index contributed by atoms with van der Waals surface area (Å²) in [6.45, 7) is 3.92. The van der Waals surface area contributed by atoms with Gasteiger partial charge in [0.1, 0.15) is 12.4 Å². The van der Waals surface area contributed by atoms with Crippen LogP contribution in [0.1, 0.15) is 57.9 Å². The van der Waals surface area contributed by atoms with E-state index in [0.29, 0.717) is 17.7 Å². The van der Waals surface area contributed by atoms with Gasteiger partial charge in [-0.05, 0) is 75.5 Å². The summed E-state index contributed by atoms with van der Waals surface area (Å²) in [6, 6.07) is 8.07.